The van der Waals surface area contributed by atoms with Crippen LogP contribution in [0.15, 0.2) is 24.3 Å². The molecule has 19 heavy (non-hydrogen) atoms. The predicted molar refractivity (Wildman–Crippen MR) is 82.9 cm³/mol. The molecule has 1 atom stereocenters. The van der Waals surface area contributed by atoms with E-state index in [1.165, 1.54) is 5.56 Å². The van der Waals surface area contributed by atoms with E-state index < -0.39 is 0 Å². The van der Waals surface area contributed by atoms with Crippen LogP contribution in [0.2, 0.25) is 0 Å². The van der Waals surface area contributed by atoms with E-state index >= 15 is 0 Å². The van der Waals surface area contributed by atoms with E-state index in [0.29, 0.717) is 24.6 Å². The van der Waals surface area contributed by atoms with Crippen LogP contribution in [0.25, 0.3) is 0 Å². The van der Waals surface area contributed by atoms with E-state index in [4.69, 9.17) is 5.73 Å². The minimum atomic E-state index is -0.0317. The standard InChI is InChI=1S/C15H24N2O.ClH/c1-11(9-16)10-17-14(18)12-5-7-13(8-6-12)15(2,3)4;/h5-8,11H,9-10,16H2,1-4H3,(H,17,18);1H. The molecule has 0 fully saturated rings. The van der Waals surface area contributed by atoms with Crippen molar-refractivity contribution in [3.8, 4) is 0 Å². The summed E-state index contributed by atoms with van der Waals surface area (Å²) in [5.41, 5.74) is 7.56. The molecule has 0 aliphatic carbocycles. The van der Waals surface area contributed by atoms with Crippen molar-refractivity contribution in [2.75, 3.05) is 13.1 Å². The van der Waals surface area contributed by atoms with Gasteiger partial charge in [0.15, 0.2) is 0 Å². The quantitative estimate of drug-likeness (QED) is 0.893. The Hall–Kier alpha value is -1.06. The first-order valence-corrected chi connectivity index (χ1v) is 6.43. The maximum atomic E-state index is 11.9. The molecule has 0 aliphatic heterocycles. The Labute approximate surface area is 122 Å². The number of carbonyl (C=O) groups is 1. The maximum absolute atomic E-state index is 11.9. The van der Waals surface area contributed by atoms with Gasteiger partial charge in [0.1, 0.15) is 0 Å². The third-order valence-electron chi connectivity index (χ3n) is 3.03. The zero-order valence-corrected chi connectivity index (χ0v) is 13.0. The Morgan fingerprint density at radius 3 is 2.21 bits per heavy atom. The van der Waals surface area contributed by atoms with Gasteiger partial charge in [-0.25, -0.2) is 0 Å². The summed E-state index contributed by atoms with van der Waals surface area (Å²) in [7, 11) is 0. The molecule has 4 heteroatoms. The number of amides is 1. The summed E-state index contributed by atoms with van der Waals surface area (Å²) >= 11 is 0. The van der Waals surface area contributed by atoms with E-state index in [-0.39, 0.29) is 23.7 Å². The number of nitrogens with two attached hydrogens (primary N) is 1. The van der Waals surface area contributed by atoms with Crippen LogP contribution >= 0.6 is 12.4 Å². The highest BCUT2D eigenvalue weighted by atomic mass is 35.5. The molecule has 1 aromatic rings. The number of carbonyl (C=O) groups excluding carboxylic acids is 1. The predicted octanol–water partition coefficient (Wildman–Crippen LogP) is 2.73. The maximum Gasteiger partial charge on any atom is 0.251 e. The van der Waals surface area contributed by atoms with Crippen molar-refractivity contribution >= 4 is 18.3 Å². The van der Waals surface area contributed by atoms with Crippen molar-refractivity contribution in [3.63, 3.8) is 0 Å². The number of hydrogen-bond acceptors (Lipinski definition) is 2. The van der Waals surface area contributed by atoms with Gasteiger partial charge in [0, 0.05) is 12.1 Å². The molecule has 108 valence electrons. The van der Waals surface area contributed by atoms with Gasteiger partial charge >= 0.3 is 0 Å². The molecular weight excluding hydrogens is 260 g/mol. The Kier molecular flexibility index (Phi) is 7.09. The lowest BCUT2D eigenvalue weighted by Crippen LogP contribution is -2.31. The summed E-state index contributed by atoms with van der Waals surface area (Å²) in [5, 5.41) is 2.89. The van der Waals surface area contributed by atoms with Gasteiger partial charge in [-0.1, -0.05) is 39.8 Å². The van der Waals surface area contributed by atoms with E-state index in [1.54, 1.807) is 0 Å². The summed E-state index contributed by atoms with van der Waals surface area (Å²) in [6.07, 6.45) is 0. The molecule has 0 heterocycles. The summed E-state index contributed by atoms with van der Waals surface area (Å²) in [6, 6.07) is 7.79. The number of rotatable bonds is 4. The SMILES string of the molecule is CC(CN)CNC(=O)c1ccc(C(C)(C)C)cc1.Cl. The topological polar surface area (TPSA) is 55.1 Å². The van der Waals surface area contributed by atoms with Gasteiger partial charge in [-0.15, -0.1) is 12.4 Å². The number of hydrogen-bond donors (Lipinski definition) is 2. The van der Waals surface area contributed by atoms with E-state index in [9.17, 15) is 4.79 Å². The van der Waals surface area contributed by atoms with E-state index in [1.807, 2.05) is 31.2 Å². The number of nitrogens with one attached hydrogen (secondary N) is 1. The second-order valence-corrected chi connectivity index (χ2v) is 5.88. The molecule has 0 saturated heterocycles. The van der Waals surface area contributed by atoms with E-state index in [2.05, 4.69) is 26.1 Å². The molecule has 0 aromatic heterocycles. The first-order chi connectivity index (χ1) is 8.34. The highest BCUT2D eigenvalue weighted by Gasteiger charge is 2.14. The summed E-state index contributed by atoms with van der Waals surface area (Å²) < 4.78 is 0. The molecule has 0 aliphatic rings. The van der Waals surface area contributed by atoms with Gasteiger partial charge in [0.2, 0.25) is 0 Å². The monoisotopic (exact) mass is 284 g/mol. The van der Waals surface area contributed by atoms with Crippen LogP contribution in [0.5, 0.6) is 0 Å². The van der Waals surface area contributed by atoms with Crippen LogP contribution in [0.4, 0.5) is 0 Å². The number of halogens is 1. The van der Waals surface area contributed by atoms with Gasteiger partial charge in [-0.2, -0.15) is 0 Å². The van der Waals surface area contributed by atoms with Crippen molar-refractivity contribution in [2.24, 2.45) is 11.7 Å². The Balaban J connectivity index is 0.00000324. The second kappa shape index (κ2) is 7.51. The van der Waals surface area contributed by atoms with Gasteiger partial charge in [0.25, 0.3) is 5.91 Å². The molecule has 1 aromatic carbocycles. The molecule has 0 radical (unpaired) electrons. The van der Waals surface area contributed by atoms with Gasteiger partial charge in [-0.05, 0) is 35.6 Å². The smallest absolute Gasteiger partial charge is 0.251 e. The van der Waals surface area contributed by atoms with E-state index in [0.717, 1.165) is 0 Å². The highest BCUT2D eigenvalue weighted by Crippen LogP contribution is 2.22. The zero-order chi connectivity index (χ0) is 13.8. The van der Waals surface area contributed by atoms with Crippen LogP contribution in [0.3, 0.4) is 0 Å². The summed E-state index contributed by atoms with van der Waals surface area (Å²) in [6.45, 7) is 9.70. The van der Waals surface area contributed by atoms with Crippen LogP contribution in [-0.4, -0.2) is 19.0 Å². The first kappa shape index (κ1) is 17.9. The minimum Gasteiger partial charge on any atom is -0.352 e. The van der Waals surface area contributed by atoms with Gasteiger partial charge < -0.3 is 11.1 Å². The van der Waals surface area contributed by atoms with Crippen molar-refractivity contribution in [3.05, 3.63) is 35.4 Å². The molecule has 3 N–H and O–H groups in total. The van der Waals surface area contributed by atoms with Crippen LogP contribution in [0, 0.1) is 5.92 Å². The van der Waals surface area contributed by atoms with Crippen LogP contribution < -0.4 is 11.1 Å². The summed E-state index contributed by atoms with van der Waals surface area (Å²) in [5.74, 6) is 0.276. The summed E-state index contributed by atoms with van der Waals surface area (Å²) in [4.78, 5) is 11.9. The second-order valence-electron chi connectivity index (χ2n) is 5.88. The van der Waals surface area contributed by atoms with Gasteiger partial charge in [0.05, 0.1) is 0 Å². The third-order valence-corrected chi connectivity index (χ3v) is 3.03. The van der Waals surface area contributed by atoms with Gasteiger partial charge in [-0.3, -0.25) is 4.79 Å². The molecule has 3 nitrogen and oxygen atoms in total. The molecule has 0 spiro atoms. The fraction of sp³-hybridized carbons (Fsp3) is 0.533. The number of benzene rings is 1. The Morgan fingerprint density at radius 1 is 1.26 bits per heavy atom. The first-order valence-electron chi connectivity index (χ1n) is 6.43. The molecule has 0 bridgehead atoms. The lowest BCUT2D eigenvalue weighted by atomic mass is 9.87. The Morgan fingerprint density at radius 2 is 1.79 bits per heavy atom. The molecular formula is C15H25ClN2O. The fourth-order valence-corrected chi connectivity index (χ4v) is 1.57. The van der Waals surface area contributed by atoms with Crippen molar-refractivity contribution in [1.82, 2.24) is 5.32 Å². The average molecular weight is 285 g/mol. The third kappa shape index (κ3) is 5.62. The normalized spacial score (nSPS) is 12.5. The lowest BCUT2D eigenvalue weighted by Gasteiger charge is -2.19. The van der Waals surface area contributed by atoms with Crippen molar-refractivity contribution in [1.29, 1.82) is 0 Å². The zero-order valence-electron chi connectivity index (χ0n) is 12.2. The largest absolute Gasteiger partial charge is 0.352 e. The van der Waals surface area contributed by atoms with Crippen molar-refractivity contribution < 1.29 is 4.79 Å². The Bertz CT molecular complexity index is 396. The average Bonchev–Trinajstić information content (AvgIpc) is 2.34. The van der Waals surface area contributed by atoms with Crippen molar-refractivity contribution in [2.45, 2.75) is 33.1 Å². The molecule has 0 saturated carbocycles. The van der Waals surface area contributed by atoms with Crippen LogP contribution in [-0.2, 0) is 5.41 Å². The highest BCUT2D eigenvalue weighted by molar-refractivity contribution is 5.94. The fourth-order valence-electron chi connectivity index (χ4n) is 1.57. The molecule has 1 unspecified atom stereocenters. The molecule has 1 rings (SSSR count). The van der Waals surface area contributed by atoms with Crippen LogP contribution in [0.1, 0.15) is 43.6 Å². The lowest BCUT2D eigenvalue weighted by molar-refractivity contribution is 0.0948. The molecule has 1 amide bonds. The minimum absolute atomic E-state index is 0.